The predicted octanol–water partition coefficient (Wildman–Crippen LogP) is 1.43. The number of aromatic nitrogens is 1. The monoisotopic (exact) mass is 408 g/mol. The van der Waals surface area contributed by atoms with E-state index in [9.17, 15) is 22.8 Å². The van der Waals surface area contributed by atoms with Gasteiger partial charge in [-0.25, -0.2) is 14.6 Å². The summed E-state index contributed by atoms with van der Waals surface area (Å²) in [6.07, 6.45) is -5.08. The van der Waals surface area contributed by atoms with E-state index in [1.807, 2.05) is 6.07 Å². The first-order chi connectivity index (χ1) is 12.6. The topological polar surface area (TPSA) is 135 Å². The van der Waals surface area contributed by atoms with Crippen molar-refractivity contribution in [3.63, 3.8) is 0 Å². The fourth-order valence-corrected chi connectivity index (χ4v) is 2.91. The number of carbonyl (C=O) groups is 3. The maximum atomic E-state index is 11.8. The number of thioether (sulfide) groups is 1. The van der Waals surface area contributed by atoms with Gasteiger partial charge in [0.2, 0.25) is 5.91 Å². The molecule has 1 unspecified atom stereocenters. The van der Waals surface area contributed by atoms with Crippen LogP contribution < -0.4 is 16.0 Å². The molecule has 2 amide bonds. The van der Waals surface area contributed by atoms with Crippen LogP contribution in [0, 0.1) is 0 Å². The van der Waals surface area contributed by atoms with Crippen molar-refractivity contribution in [2.75, 3.05) is 29.1 Å². The lowest BCUT2D eigenvalue weighted by Crippen LogP contribution is -2.27. The van der Waals surface area contributed by atoms with Gasteiger partial charge in [-0.1, -0.05) is 0 Å². The fraction of sp³-hybridized carbons (Fsp3) is 0.429. The Kier molecular flexibility index (Phi) is 6.49. The van der Waals surface area contributed by atoms with Crippen LogP contribution in [0.25, 0.3) is 0 Å². The summed E-state index contributed by atoms with van der Waals surface area (Å²) in [4.78, 5) is 38.8. The van der Waals surface area contributed by atoms with E-state index in [1.54, 1.807) is 6.07 Å². The average Bonchev–Trinajstić information content (AvgIpc) is 2.94. The molecule has 1 fully saturated rings. The number of hydrogen-bond donors (Lipinski definition) is 3. The number of aliphatic carboxylic acids is 1. The maximum Gasteiger partial charge on any atom is 0.490 e. The molecule has 27 heavy (non-hydrogen) atoms. The first-order valence-electron chi connectivity index (χ1n) is 7.54. The second kappa shape index (κ2) is 8.43. The fourth-order valence-electron chi connectivity index (χ4n) is 2.15. The number of amides is 2. The van der Waals surface area contributed by atoms with Crippen molar-refractivity contribution in [2.45, 2.75) is 23.6 Å². The Morgan fingerprint density at radius 2 is 2.11 bits per heavy atom. The van der Waals surface area contributed by atoms with Gasteiger partial charge < -0.3 is 20.9 Å². The van der Waals surface area contributed by atoms with Gasteiger partial charge in [-0.05, 0) is 25.1 Å². The molecule has 4 N–H and O–H groups in total. The number of hydrogen-bond acceptors (Lipinski definition) is 7. The largest absolute Gasteiger partial charge is 0.490 e. The molecule has 1 saturated heterocycles. The first-order valence-corrected chi connectivity index (χ1v) is 8.52. The van der Waals surface area contributed by atoms with Crippen LogP contribution in [0.15, 0.2) is 17.0 Å². The van der Waals surface area contributed by atoms with E-state index < -0.39 is 18.2 Å². The number of carboxylic acid groups (broad SMARTS) is 1. The molecule has 1 aromatic heterocycles. The molecule has 0 spiro atoms. The van der Waals surface area contributed by atoms with Crippen LogP contribution in [0.1, 0.15) is 6.42 Å². The summed E-state index contributed by atoms with van der Waals surface area (Å²) in [7, 11) is 0. The highest BCUT2D eigenvalue weighted by molar-refractivity contribution is 8.00. The van der Waals surface area contributed by atoms with Crippen LogP contribution >= 0.6 is 11.8 Å². The number of anilines is 2. The van der Waals surface area contributed by atoms with Crippen LogP contribution in [-0.4, -0.2) is 59.2 Å². The Morgan fingerprint density at radius 1 is 1.44 bits per heavy atom. The lowest BCUT2D eigenvalue weighted by Gasteiger charge is -2.18. The van der Waals surface area contributed by atoms with Crippen molar-refractivity contribution >= 4 is 41.4 Å². The number of pyridine rings is 1. The Balaban J connectivity index is 0.000000321. The van der Waals surface area contributed by atoms with Crippen LogP contribution in [0.3, 0.4) is 0 Å². The molecule has 0 aliphatic carbocycles. The molecule has 13 heteroatoms. The zero-order valence-electron chi connectivity index (χ0n) is 13.7. The van der Waals surface area contributed by atoms with E-state index in [0.717, 1.165) is 4.90 Å². The van der Waals surface area contributed by atoms with Gasteiger partial charge in [0, 0.05) is 0 Å². The van der Waals surface area contributed by atoms with Crippen molar-refractivity contribution < 1.29 is 37.4 Å². The number of nitrogens with zero attached hydrogens (tertiary/aromatic N) is 2. The van der Waals surface area contributed by atoms with E-state index in [0.29, 0.717) is 36.9 Å². The van der Waals surface area contributed by atoms with Gasteiger partial charge in [0.25, 0.3) is 0 Å². The average molecular weight is 408 g/mol. The van der Waals surface area contributed by atoms with Crippen molar-refractivity contribution in [2.24, 2.45) is 5.73 Å². The third-order valence-electron chi connectivity index (χ3n) is 3.34. The number of nitrogens with one attached hydrogen (secondary N) is 1. The van der Waals surface area contributed by atoms with Crippen LogP contribution in [0.5, 0.6) is 0 Å². The number of ether oxygens (including phenoxy) is 1. The summed E-state index contributed by atoms with van der Waals surface area (Å²) >= 11 is 1.43. The Labute approximate surface area is 155 Å². The molecular weight excluding hydrogens is 393 g/mol. The van der Waals surface area contributed by atoms with Gasteiger partial charge in [-0.15, -0.1) is 11.8 Å². The molecular formula is C14H15F3N4O5S. The third-order valence-corrected chi connectivity index (χ3v) is 4.39. The minimum atomic E-state index is -5.08. The molecule has 3 heterocycles. The van der Waals surface area contributed by atoms with E-state index in [2.05, 4.69) is 10.3 Å². The van der Waals surface area contributed by atoms with E-state index in [4.69, 9.17) is 20.4 Å². The highest BCUT2D eigenvalue weighted by Gasteiger charge is 2.38. The van der Waals surface area contributed by atoms with Crippen molar-refractivity contribution in [3.05, 3.63) is 12.1 Å². The lowest BCUT2D eigenvalue weighted by molar-refractivity contribution is -0.192. The number of rotatable bonds is 3. The first kappa shape index (κ1) is 20.8. The zero-order valence-corrected chi connectivity index (χ0v) is 14.5. The smallest absolute Gasteiger partial charge is 0.475 e. The molecule has 1 aromatic rings. The minimum Gasteiger partial charge on any atom is -0.475 e. The summed E-state index contributed by atoms with van der Waals surface area (Å²) in [5, 5.41) is 9.83. The number of carbonyl (C=O) groups excluding carboxylic acids is 2. The van der Waals surface area contributed by atoms with Gasteiger partial charge in [0.1, 0.15) is 17.7 Å². The second-order valence-electron chi connectivity index (χ2n) is 5.35. The standard InChI is InChI=1S/C12H14N4O3S.C2HF3O2/c13-4-3-7-5-16(12(18)19-7)9-2-1-8-11(14-9)15-10(17)6-20-8;3-2(4,5)1(6)7/h1-2,7H,3-6,13H2,(H,14,15,17);(H,6,7). The molecule has 0 aromatic carbocycles. The summed E-state index contributed by atoms with van der Waals surface area (Å²) in [6, 6.07) is 3.61. The number of cyclic esters (lactones) is 1. The summed E-state index contributed by atoms with van der Waals surface area (Å²) < 4.78 is 36.9. The number of carboxylic acids is 1. The summed E-state index contributed by atoms with van der Waals surface area (Å²) in [5.74, 6) is -1.47. The van der Waals surface area contributed by atoms with Crippen LogP contribution in [0.4, 0.5) is 29.6 Å². The van der Waals surface area contributed by atoms with Gasteiger partial charge >= 0.3 is 18.2 Å². The number of halogens is 3. The molecule has 0 radical (unpaired) electrons. The van der Waals surface area contributed by atoms with Crippen molar-refractivity contribution in [3.8, 4) is 0 Å². The molecule has 0 bridgehead atoms. The Hall–Kier alpha value is -2.54. The van der Waals surface area contributed by atoms with E-state index >= 15 is 0 Å². The van der Waals surface area contributed by atoms with Gasteiger partial charge in [-0.3, -0.25) is 9.69 Å². The summed E-state index contributed by atoms with van der Waals surface area (Å²) in [6.45, 7) is 0.902. The summed E-state index contributed by atoms with van der Waals surface area (Å²) in [5.41, 5.74) is 5.47. The number of alkyl halides is 3. The van der Waals surface area contributed by atoms with Gasteiger partial charge in [-0.2, -0.15) is 13.2 Å². The molecule has 2 aliphatic heterocycles. The highest BCUT2D eigenvalue weighted by Crippen LogP contribution is 2.32. The SMILES string of the molecule is NCCC1CN(c2ccc3c(n2)NC(=O)CS3)C(=O)O1.O=C(O)C(F)(F)F. The normalized spacial score (nSPS) is 18.8. The maximum absolute atomic E-state index is 11.8. The third kappa shape index (κ3) is 5.47. The Morgan fingerprint density at radius 3 is 2.70 bits per heavy atom. The molecule has 2 aliphatic rings. The lowest BCUT2D eigenvalue weighted by atomic mass is 10.2. The number of nitrogens with two attached hydrogens (primary N) is 1. The van der Waals surface area contributed by atoms with E-state index in [-0.39, 0.29) is 12.0 Å². The molecule has 0 saturated carbocycles. The predicted molar refractivity (Wildman–Crippen MR) is 88.6 cm³/mol. The second-order valence-corrected chi connectivity index (χ2v) is 6.37. The van der Waals surface area contributed by atoms with E-state index in [1.165, 1.54) is 16.7 Å². The molecule has 1 atom stereocenters. The number of fused-ring (bicyclic) bond motifs is 1. The van der Waals surface area contributed by atoms with Gasteiger partial charge in [0.05, 0.1) is 17.2 Å². The quantitative estimate of drug-likeness (QED) is 0.684. The van der Waals surface area contributed by atoms with Crippen LogP contribution in [0.2, 0.25) is 0 Å². The van der Waals surface area contributed by atoms with Crippen molar-refractivity contribution in [1.82, 2.24) is 4.98 Å². The van der Waals surface area contributed by atoms with Crippen molar-refractivity contribution in [1.29, 1.82) is 0 Å². The highest BCUT2D eigenvalue weighted by atomic mass is 32.2. The minimum absolute atomic E-state index is 0.0860. The molecule has 9 nitrogen and oxygen atoms in total. The Bertz CT molecular complexity index is 746. The molecule has 3 rings (SSSR count). The van der Waals surface area contributed by atoms with Gasteiger partial charge in [0.15, 0.2) is 0 Å². The zero-order chi connectivity index (χ0) is 20.2. The molecule has 148 valence electrons. The van der Waals surface area contributed by atoms with Crippen LogP contribution in [-0.2, 0) is 14.3 Å².